The molecule has 29 heavy (non-hydrogen) atoms. The van der Waals surface area contributed by atoms with Gasteiger partial charge in [0.1, 0.15) is 11.5 Å². The molecule has 1 heterocycles. The molecule has 0 N–H and O–H groups in total. The lowest BCUT2D eigenvalue weighted by molar-refractivity contribution is -0.138. The van der Waals surface area contributed by atoms with Gasteiger partial charge in [0.15, 0.2) is 6.10 Å². The summed E-state index contributed by atoms with van der Waals surface area (Å²) in [5, 5.41) is 2.27. The van der Waals surface area contributed by atoms with Crippen molar-refractivity contribution >= 4 is 22.4 Å². The van der Waals surface area contributed by atoms with Gasteiger partial charge in [0.25, 0.3) is 5.91 Å². The Morgan fingerprint density at radius 2 is 1.52 bits per heavy atom. The normalized spacial score (nSPS) is 15.2. The number of hydrogen-bond donors (Lipinski definition) is 0. The van der Waals surface area contributed by atoms with Crippen molar-refractivity contribution < 1.29 is 14.3 Å². The lowest BCUT2D eigenvalue weighted by Gasteiger charge is -2.37. The minimum Gasteiger partial charge on any atom is -0.497 e. The minimum atomic E-state index is -0.510. The summed E-state index contributed by atoms with van der Waals surface area (Å²) in [6.45, 7) is 4.82. The fourth-order valence-corrected chi connectivity index (χ4v) is 3.73. The molecule has 0 unspecified atom stereocenters. The van der Waals surface area contributed by atoms with E-state index in [1.54, 1.807) is 7.11 Å². The van der Waals surface area contributed by atoms with Crippen LogP contribution in [0.1, 0.15) is 6.92 Å². The molecule has 5 nitrogen and oxygen atoms in total. The number of carbonyl (C=O) groups excluding carboxylic acids is 1. The summed E-state index contributed by atoms with van der Waals surface area (Å²) >= 11 is 0. The van der Waals surface area contributed by atoms with E-state index in [-0.39, 0.29) is 5.91 Å². The second-order valence-electron chi connectivity index (χ2n) is 7.28. The first-order chi connectivity index (χ1) is 14.1. The summed E-state index contributed by atoms with van der Waals surface area (Å²) in [7, 11) is 1.67. The summed E-state index contributed by atoms with van der Waals surface area (Å²) in [6, 6.07) is 22.1. The maximum absolute atomic E-state index is 12.9. The smallest absolute Gasteiger partial charge is 0.263 e. The van der Waals surface area contributed by atoms with Crippen LogP contribution in [-0.4, -0.2) is 50.2 Å². The first kappa shape index (κ1) is 19.1. The molecule has 1 saturated heterocycles. The van der Waals surface area contributed by atoms with Crippen LogP contribution in [0.5, 0.6) is 11.5 Å². The van der Waals surface area contributed by atoms with Gasteiger partial charge in [-0.25, -0.2) is 0 Å². The van der Waals surface area contributed by atoms with Crippen LogP contribution in [0.4, 0.5) is 5.69 Å². The number of amides is 1. The van der Waals surface area contributed by atoms with E-state index in [1.807, 2.05) is 60.4 Å². The van der Waals surface area contributed by atoms with Gasteiger partial charge >= 0.3 is 0 Å². The zero-order valence-corrected chi connectivity index (χ0v) is 16.9. The molecule has 1 atom stereocenters. The average Bonchev–Trinajstić information content (AvgIpc) is 2.78. The molecule has 0 radical (unpaired) electrons. The van der Waals surface area contributed by atoms with Crippen LogP contribution < -0.4 is 14.4 Å². The van der Waals surface area contributed by atoms with Gasteiger partial charge in [0.2, 0.25) is 0 Å². The number of anilines is 1. The molecule has 1 aliphatic heterocycles. The lowest BCUT2D eigenvalue weighted by atomic mass is 10.1. The van der Waals surface area contributed by atoms with E-state index in [2.05, 4.69) is 23.1 Å². The summed E-state index contributed by atoms with van der Waals surface area (Å²) in [4.78, 5) is 17.0. The highest BCUT2D eigenvalue weighted by Crippen LogP contribution is 2.23. The summed E-state index contributed by atoms with van der Waals surface area (Å²) in [5.74, 6) is 1.61. The molecule has 0 spiro atoms. The van der Waals surface area contributed by atoms with Crippen LogP contribution in [0.2, 0.25) is 0 Å². The predicted octanol–water partition coefficient (Wildman–Crippen LogP) is 3.96. The largest absolute Gasteiger partial charge is 0.497 e. The standard InChI is InChI=1S/C24H26N2O3/c1-18(29-23-10-7-19-5-3-4-6-20(19)17-23)24(27)26-15-13-25(14-16-26)21-8-11-22(28-2)12-9-21/h3-12,17-18H,13-16H2,1-2H3/t18-/m1/s1. The Labute approximate surface area is 171 Å². The highest BCUT2D eigenvalue weighted by Gasteiger charge is 2.26. The second-order valence-corrected chi connectivity index (χ2v) is 7.28. The monoisotopic (exact) mass is 390 g/mol. The zero-order chi connectivity index (χ0) is 20.2. The number of ether oxygens (including phenoxy) is 2. The highest BCUT2D eigenvalue weighted by molar-refractivity contribution is 5.84. The predicted molar refractivity (Wildman–Crippen MR) is 116 cm³/mol. The van der Waals surface area contributed by atoms with Crippen molar-refractivity contribution in [3.63, 3.8) is 0 Å². The Morgan fingerprint density at radius 3 is 2.21 bits per heavy atom. The van der Waals surface area contributed by atoms with Crippen LogP contribution in [-0.2, 0) is 4.79 Å². The van der Waals surface area contributed by atoms with Gasteiger partial charge in [-0.15, -0.1) is 0 Å². The number of methoxy groups -OCH3 is 1. The second kappa shape index (κ2) is 8.43. The third kappa shape index (κ3) is 4.29. The van der Waals surface area contributed by atoms with Gasteiger partial charge in [-0.2, -0.15) is 0 Å². The van der Waals surface area contributed by atoms with Crippen molar-refractivity contribution in [2.75, 3.05) is 38.2 Å². The Hall–Kier alpha value is -3.21. The first-order valence-electron chi connectivity index (χ1n) is 9.97. The maximum Gasteiger partial charge on any atom is 0.263 e. The molecule has 150 valence electrons. The topological polar surface area (TPSA) is 42.0 Å². The van der Waals surface area contributed by atoms with Gasteiger partial charge in [-0.3, -0.25) is 4.79 Å². The number of fused-ring (bicyclic) bond motifs is 1. The van der Waals surface area contributed by atoms with E-state index in [0.29, 0.717) is 13.1 Å². The number of piperazine rings is 1. The van der Waals surface area contributed by atoms with Gasteiger partial charge in [-0.05, 0) is 54.1 Å². The van der Waals surface area contributed by atoms with E-state index in [0.717, 1.165) is 41.0 Å². The SMILES string of the molecule is COc1ccc(N2CCN(C(=O)[C@@H](C)Oc3ccc4ccccc4c3)CC2)cc1. The van der Waals surface area contributed by atoms with Gasteiger partial charge in [0, 0.05) is 31.9 Å². The molecule has 0 bridgehead atoms. The number of carbonyl (C=O) groups is 1. The Balaban J connectivity index is 1.34. The highest BCUT2D eigenvalue weighted by atomic mass is 16.5. The number of benzene rings is 3. The maximum atomic E-state index is 12.9. The molecule has 0 aromatic heterocycles. The van der Waals surface area contributed by atoms with Gasteiger partial charge in [-0.1, -0.05) is 30.3 Å². The molecule has 3 aromatic rings. The molecule has 1 aliphatic rings. The van der Waals surface area contributed by atoms with Crippen LogP contribution in [0, 0.1) is 0 Å². The van der Waals surface area contributed by atoms with Gasteiger partial charge in [0.05, 0.1) is 7.11 Å². The van der Waals surface area contributed by atoms with E-state index >= 15 is 0 Å². The minimum absolute atomic E-state index is 0.0348. The van der Waals surface area contributed by atoms with Crippen LogP contribution in [0.15, 0.2) is 66.7 Å². The molecule has 4 rings (SSSR count). The molecule has 0 saturated carbocycles. The summed E-state index contributed by atoms with van der Waals surface area (Å²) in [6.07, 6.45) is -0.510. The van der Waals surface area contributed by atoms with E-state index in [1.165, 1.54) is 0 Å². The quantitative estimate of drug-likeness (QED) is 0.661. The van der Waals surface area contributed by atoms with Crippen molar-refractivity contribution in [3.8, 4) is 11.5 Å². The van der Waals surface area contributed by atoms with Gasteiger partial charge < -0.3 is 19.3 Å². The van der Waals surface area contributed by atoms with Crippen molar-refractivity contribution in [2.24, 2.45) is 0 Å². The first-order valence-corrected chi connectivity index (χ1v) is 9.97. The van der Waals surface area contributed by atoms with Crippen LogP contribution in [0.25, 0.3) is 10.8 Å². The Morgan fingerprint density at radius 1 is 0.862 bits per heavy atom. The molecule has 1 amide bonds. The zero-order valence-electron chi connectivity index (χ0n) is 16.9. The van der Waals surface area contributed by atoms with Crippen molar-refractivity contribution in [3.05, 3.63) is 66.7 Å². The molecular formula is C24H26N2O3. The third-order valence-electron chi connectivity index (χ3n) is 5.41. The summed E-state index contributed by atoms with van der Waals surface area (Å²) in [5.41, 5.74) is 1.15. The third-order valence-corrected chi connectivity index (χ3v) is 5.41. The van der Waals surface area contributed by atoms with Crippen molar-refractivity contribution in [2.45, 2.75) is 13.0 Å². The fourth-order valence-electron chi connectivity index (χ4n) is 3.73. The molecular weight excluding hydrogens is 364 g/mol. The number of nitrogens with zero attached hydrogens (tertiary/aromatic N) is 2. The van der Waals surface area contributed by atoms with E-state index in [4.69, 9.17) is 9.47 Å². The molecule has 3 aromatic carbocycles. The van der Waals surface area contributed by atoms with Crippen molar-refractivity contribution in [1.82, 2.24) is 4.90 Å². The lowest BCUT2D eigenvalue weighted by Crippen LogP contribution is -2.52. The molecule has 5 heteroatoms. The fraction of sp³-hybridized carbons (Fsp3) is 0.292. The average molecular weight is 390 g/mol. The Bertz CT molecular complexity index is 979. The van der Waals surface area contributed by atoms with E-state index < -0.39 is 6.10 Å². The molecule has 1 fully saturated rings. The number of rotatable bonds is 5. The molecule has 0 aliphatic carbocycles. The summed E-state index contributed by atoms with van der Waals surface area (Å²) < 4.78 is 11.2. The Kier molecular flexibility index (Phi) is 5.56. The van der Waals surface area contributed by atoms with Crippen LogP contribution in [0.3, 0.4) is 0 Å². The van der Waals surface area contributed by atoms with Crippen molar-refractivity contribution in [1.29, 1.82) is 0 Å². The number of hydrogen-bond acceptors (Lipinski definition) is 4. The van der Waals surface area contributed by atoms with Crippen LogP contribution >= 0.6 is 0 Å². The van der Waals surface area contributed by atoms with E-state index in [9.17, 15) is 4.79 Å².